The minimum Gasteiger partial charge on any atom is -0.462 e. The number of hydrogen-bond acceptors (Lipinski definition) is 15. The van der Waals surface area contributed by atoms with Crippen molar-refractivity contribution in [3.05, 3.63) is 24.3 Å². The Hall–Kier alpha value is -2.46. The lowest BCUT2D eigenvalue weighted by atomic mass is 10.0. The van der Waals surface area contributed by atoms with Crippen molar-refractivity contribution < 1.29 is 80.2 Å². The van der Waals surface area contributed by atoms with Crippen LogP contribution in [0.1, 0.15) is 291 Å². The van der Waals surface area contributed by atoms with Crippen molar-refractivity contribution in [1.82, 2.24) is 0 Å². The highest BCUT2D eigenvalue weighted by atomic mass is 31.2. The number of aliphatic hydroxyl groups is 1. The molecule has 0 spiro atoms. The Balaban J connectivity index is 5.25. The second-order valence-corrected chi connectivity index (χ2v) is 25.5. The molecule has 0 rings (SSSR count). The molecule has 0 saturated carbocycles. The smallest absolute Gasteiger partial charge is 0.462 e. The van der Waals surface area contributed by atoms with Gasteiger partial charge < -0.3 is 33.8 Å². The van der Waals surface area contributed by atoms with Gasteiger partial charge in [-0.3, -0.25) is 37.3 Å². The van der Waals surface area contributed by atoms with E-state index in [0.717, 1.165) is 116 Å². The van der Waals surface area contributed by atoms with E-state index in [1.165, 1.54) is 89.9 Å². The van der Waals surface area contributed by atoms with Gasteiger partial charge in [-0.1, -0.05) is 239 Å². The highest BCUT2D eigenvalue weighted by Crippen LogP contribution is 2.45. The predicted molar refractivity (Wildman–Crippen MR) is 326 cm³/mol. The lowest BCUT2D eigenvalue weighted by Crippen LogP contribution is -2.30. The standard InChI is InChI=1S/C63H118O17P2/c1-6-9-12-15-18-21-22-23-24-25-26-28-33-39-44-49-63(68)80-59(53-74-61(66)47-42-37-34-29-30-35-40-45-56(4)5)55-78-82(71,72)76-51-57(64)50-75-81(69,70)77-54-58(52-73-60(65)46-41-36-31-20-17-14-11-8-3)79-62(67)48-43-38-32-27-19-16-13-10-7-2/h21-24,56-59,64H,6-20,25-55H2,1-5H3,(H,69,70)(H,71,72)/b22-21-,24-23-/t57-,58+,59+/m0/s1. The van der Waals surface area contributed by atoms with E-state index < -0.39 is 97.5 Å². The number of esters is 4. The molecule has 0 heterocycles. The van der Waals surface area contributed by atoms with E-state index in [0.29, 0.717) is 31.6 Å². The quantitative estimate of drug-likeness (QED) is 0.0169. The zero-order valence-electron chi connectivity index (χ0n) is 52.1. The van der Waals surface area contributed by atoms with Gasteiger partial charge in [-0.2, -0.15) is 0 Å². The van der Waals surface area contributed by atoms with E-state index in [1.807, 2.05) is 0 Å². The Morgan fingerprint density at radius 1 is 0.378 bits per heavy atom. The normalized spacial score (nSPS) is 14.5. The molecule has 0 aromatic rings. The summed E-state index contributed by atoms with van der Waals surface area (Å²) in [6, 6.07) is 0. The summed E-state index contributed by atoms with van der Waals surface area (Å²) in [5.74, 6) is -1.47. The lowest BCUT2D eigenvalue weighted by Gasteiger charge is -2.21. The first kappa shape index (κ1) is 79.5. The molecule has 0 aliphatic heterocycles. The molecule has 0 fully saturated rings. The van der Waals surface area contributed by atoms with E-state index in [9.17, 15) is 43.2 Å². The van der Waals surface area contributed by atoms with Gasteiger partial charge in [-0.25, -0.2) is 9.13 Å². The van der Waals surface area contributed by atoms with Crippen LogP contribution in [-0.4, -0.2) is 96.7 Å². The van der Waals surface area contributed by atoms with Gasteiger partial charge in [0.2, 0.25) is 0 Å². The first-order chi connectivity index (χ1) is 39.5. The van der Waals surface area contributed by atoms with Crippen molar-refractivity contribution in [1.29, 1.82) is 0 Å². The van der Waals surface area contributed by atoms with Gasteiger partial charge in [0.1, 0.15) is 19.3 Å². The zero-order chi connectivity index (χ0) is 60.6. The molecule has 5 atom stereocenters. The number of rotatable bonds is 61. The Morgan fingerprint density at radius 2 is 0.659 bits per heavy atom. The fraction of sp³-hybridized carbons (Fsp3) is 0.873. The Bertz CT molecular complexity index is 1690. The number of carbonyl (C=O) groups excluding carboxylic acids is 4. The summed E-state index contributed by atoms with van der Waals surface area (Å²) >= 11 is 0. The van der Waals surface area contributed by atoms with Crippen molar-refractivity contribution in [2.45, 2.75) is 310 Å². The van der Waals surface area contributed by atoms with E-state index in [2.05, 4.69) is 58.9 Å². The van der Waals surface area contributed by atoms with Gasteiger partial charge >= 0.3 is 39.5 Å². The van der Waals surface area contributed by atoms with Gasteiger partial charge in [0.15, 0.2) is 12.2 Å². The van der Waals surface area contributed by atoms with Crippen molar-refractivity contribution in [3.8, 4) is 0 Å². The summed E-state index contributed by atoms with van der Waals surface area (Å²) in [5, 5.41) is 10.5. The van der Waals surface area contributed by atoms with Crippen molar-refractivity contribution in [2.24, 2.45) is 5.92 Å². The van der Waals surface area contributed by atoms with Gasteiger partial charge in [-0.05, 0) is 57.3 Å². The van der Waals surface area contributed by atoms with Gasteiger partial charge in [0, 0.05) is 25.7 Å². The van der Waals surface area contributed by atoms with E-state index in [-0.39, 0.29) is 25.7 Å². The maximum absolute atomic E-state index is 13.0. The third kappa shape index (κ3) is 56.7. The van der Waals surface area contributed by atoms with Gasteiger partial charge in [-0.15, -0.1) is 0 Å². The minimum absolute atomic E-state index is 0.0842. The van der Waals surface area contributed by atoms with Crippen LogP contribution in [0.4, 0.5) is 0 Å². The summed E-state index contributed by atoms with van der Waals surface area (Å²) in [7, 11) is -9.89. The van der Waals surface area contributed by atoms with Crippen LogP contribution >= 0.6 is 15.6 Å². The minimum atomic E-state index is -4.95. The van der Waals surface area contributed by atoms with Crippen molar-refractivity contribution in [2.75, 3.05) is 39.6 Å². The van der Waals surface area contributed by atoms with Crippen LogP contribution in [-0.2, 0) is 65.4 Å². The number of ether oxygens (including phenoxy) is 4. The second kappa shape index (κ2) is 56.4. The zero-order valence-corrected chi connectivity index (χ0v) is 53.9. The Morgan fingerprint density at radius 3 is 1.00 bits per heavy atom. The summed E-state index contributed by atoms with van der Waals surface area (Å²) in [6.07, 6.45) is 42.7. The maximum Gasteiger partial charge on any atom is 0.472 e. The van der Waals surface area contributed by atoms with Crippen LogP contribution in [0.2, 0.25) is 0 Å². The van der Waals surface area contributed by atoms with Gasteiger partial charge in [0.05, 0.1) is 26.4 Å². The predicted octanol–water partition coefficient (Wildman–Crippen LogP) is 17.0. The van der Waals surface area contributed by atoms with Crippen LogP contribution < -0.4 is 0 Å². The number of unbranched alkanes of at least 4 members (excludes halogenated alkanes) is 30. The number of phosphoric acid groups is 2. The molecule has 482 valence electrons. The van der Waals surface area contributed by atoms with Crippen LogP contribution in [0.25, 0.3) is 0 Å². The summed E-state index contributed by atoms with van der Waals surface area (Å²) in [5.41, 5.74) is 0. The van der Waals surface area contributed by atoms with E-state index in [1.54, 1.807) is 0 Å². The SMILES string of the molecule is CCCCCC/C=C\C=C/CCCCCCCC(=O)O[C@H](COC(=O)CCCCCCCCCC(C)C)COP(=O)(O)OC[C@@H](O)COP(=O)(O)OC[C@@H](COC(=O)CCCCCCCCCC)OC(=O)CCCCCCCCCCC. The summed E-state index contributed by atoms with van der Waals surface area (Å²) in [6.45, 7) is 7.02. The fourth-order valence-corrected chi connectivity index (χ4v) is 10.4. The highest BCUT2D eigenvalue weighted by molar-refractivity contribution is 7.47. The molecule has 19 heteroatoms. The number of hydrogen-bond donors (Lipinski definition) is 3. The summed E-state index contributed by atoms with van der Waals surface area (Å²) in [4.78, 5) is 72.0. The molecule has 0 aliphatic carbocycles. The maximum atomic E-state index is 13.0. The first-order valence-corrected chi connectivity index (χ1v) is 35.4. The molecular weight excluding hydrogens is 1090 g/mol. The third-order valence-corrected chi connectivity index (χ3v) is 15.8. The topological polar surface area (TPSA) is 237 Å². The molecule has 0 aliphatic rings. The highest BCUT2D eigenvalue weighted by Gasteiger charge is 2.30. The molecule has 17 nitrogen and oxygen atoms in total. The van der Waals surface area contributed by atoms with E-state index in [4.69, 9.17) is 37.0 Å². The van der Waals surface area contributed by atoms with Crippen LogP contribution in [0.3, 0.4) is 0 Å². The fourth-order valence-electron chi connectivity index (χ4n) is 8.87. The van der Waals surface area contributed by atoms with Gasteiger partial charge in [0.25, 0.3) is 0 Å². The molecule has 0 radical (unpaired) electrons. The third-order valence-electron chi connectivity index (χ3n) is 13.9. The first-order valence-electron chi connectivity index (χ1n) is 32.5. The van der Waals surface area contributed by atoms with E-state index >= 15 is 0 Å². The van der Waals surface area contributed by atoms with Crippen molar-refractivity contribution >= 4 is 39.5 Å². The number of phosphoric ester groups is 2. The molecule has 0 aromatic carbocycles. The molecule has 0 saturated heterocycles. The van der Waals surface area contributed by atoms with Crippen molar-refractivity contribution in [3.63, 3.8) is 0 Å². The molecule has 2 unspecified atom stereocenters. The van der Waals surface area contributed by atoms with Crippen LogP contribution in [0.15, 0.2) is 24.3 Å². The number of carbonyl (C=O) groups is 4. The molecule has 3 N–H and O–H groups in total. The average molecular weight is 1210 g/mol. The van der Waals surface area contributed by atoms with Crippen LogP contribution in [0.5, 0.6) is 0 Å². The number of aliphatic hydroxyl groups excluding tert-OH is 1. The molecule has 0 bridgehead atoms. The van der Waals surface area contributed by atoms with Crippen LogP contribution in [0, 0.1) is 5.92 Å². The summed E-state index contributed by atoms with van der Waals surface area (Å²) < 4.78 is 67.8. The largest absolute Gasteiger partial charge is 0.472 e. The molecule has 82 heavy (non-hydrogen) atoms. The Kier molecular flexibility index (Phi) is 54.7. The monoisotopic (exact) mass is 1210 g/mol. The second-order valence-electron chi connectivity index (χ2n) is 22.6. The molecule has 0 aromatic heterocycles. The number of allylic oxidation sites excluding steroid dienone is 4. The average Bonchev–Trinajstić information content (AvgIpc) is 3.45. The molecule has 0 amide bonds. The Labute approximate surface area is 497 Å². The molecular formula is C63H118O17P2. The lowest BCUT2D eigenvalue weighted by molar-refractivity contribution is -0.161.